The van der Waals surface area contributed by atoms with Gasteiger partial charge in [0.1, 0.15) is 17.1 Å². The van der Waals surface area contributed by atoms with Crippen molar-refractivity contribution in [3.8, 4) is 23.0 Å². The van der Waals surface area contributed by atoms with Crippen LogP contribution in [0, 0.1) is 0 Å². The Morgan fingerprint density at radius 1 is 0.615 bits per heavy atom. The van der Waals surface area contributed by atoms with Gasteiger partial charge in [0.15, 0.2) is 11.5 Å². The highest BCUT2D eigenvalue weighted by atomic mass is 16.5. The van der Waals surface area contributed by atoms with E-state index in [1.807, 2.05) is 18.2 Å². The van der Waals surface area contributed by atoms with Crippen LogP contribution in [0.2, 0.25) is 0 Å². The molecule has 3 aromatic rings. The molecule has 0 aliphatic rings. The van der Waals surface area contributed by atoms with E-state index in [0.29, 0.717) is 11.5 Å². The summed E-state index contributed by atoms with van der Waals surface area (Å²) in [5, 5.41) is 18.6. The van der Waals surface area contributed by atoms with E-state index >= 15 is 0 Å². The Kier molecular flexibility index (Phi) is 4.85. The summed E-state index contributed by atoms with van der Waals surface area (Å²) in [7, 11) is 0. The number of carboxylic acid groups (broad SMARTS) is 2. The van der Waals surface area contributed by atoms with Crippen molar-refractivity contribution in [2.45, 2.75) is 0 Å². The summed E-state index contributed by atoms with van der Waals surface area (Å²) < 4.78 is 11.5. The summed E-state index contributed by atoms with van der Waals surface area (Å²) in [6.07, 6.45) is 0. The number of aromatic carboxylic acids is 2. The van der Waals surface area contributed by atoms with Gasteiger partial charge in [0.2, 0.25) is 0 Å². The van der Waals surface area contributed by atoms with Gasteiger partial charge in [-0.25, -0.2) is 9.59 Å². The van der Waals surface area contributed by atoms with E-state index < -0.39 is 17.5 Å². The Morgan fingerprint density at radius 2 is 1.19 bits per heavy atom. The van der Waals surface area contributed by atoms with Crippen molar-refractivity contribution in [2.75, 3.05) is 0 Å². The molecule has 0 radical (unpaired) electrons. The molecule has 0 aromatic heterocycles. The first kappa shape index (κ1) is 17.0. The molecule has 0 unspecified atom stereocenters. The highest BCUT2D eigenvalue weighted by molar-refractivity contribution is 6.03. The molecule has 0 atom stereocenters. The molecule has 0 bridgehead atoms. The summed E-state index contributed by atoms with van der Waals surface area (Å²) in [6.45, 7) is 0. The van der Waals surface area contributed by atoms with Crippen molar-refractivity contribution in [2.24, 2.45) is 0 Å². The van der Waals surface area contributed by atoms with Crippen LogP contribution in [0.15, 0.2) is 72.8 Å². The summed E-state index contributed by atoms with van der Waals surface area (Å²) in [5.74, 6) is -1.60. The van der Waals surface area contributed by atoms with Crippen LogP contribution in [0.25, 0.3) is 0 Å². The van der Waals surface area contributed by atoms with Gasteiger partial charge in [-0.2, -0.15) is 0 Å². The molecular weight excluding hydrogens is 336 g/mol. The zero-order valence-corrected chi connectivity index (χ0v) is 13.5. The number of hydrogen-bond acceptors (Lipinski definition) is 4. The van der Waals surface area contributed by atoms with Gasteiger partial charge in [-0.1, -0.05) is 36.4 Å². The number of hydrogen-bond donors (Lipinski definition) is 2. The number of para-hydroxylation sites is 3. The van der Waals surface area contributed by atoms with Crippen molar-refractivity contribution >= 4 is 11.9 Å². The van der Waals surface area contributed by atoms with E-state index in [9.17, 15) is 19.8 Å². The highest BCUT2D eigenvalue weighted by Gasteiger charge is 2.22. The highest BCUT2D eigenvalue weighted by Crippen LogP contribution is 2.36. The van der Waals surface area contributed by atoms with E-state index in [4.69, 9.17) is 9.47 Å². The van der Waals surface area contributed by atoms with Crippen LogP contribution in [0.5, 0.6) is 23.0 Å². The Morgan fingerprint density at radius 3 is 1.81 bits per heavy atom. The molecule has 0 heterocycles. The Hall–Kier alpha value is -3.80. The SMILES string of the molecule is O=C(O)c1cccc(Oc2ccccc2Oc2ccccc2)c1C(=O)O. The van der Waals surface area contributed by atoms with Crippen molar-refractivity contribution < 1.29 is 29.3 Å². The molecular formula is C20H14O6. The van der Waals surface area contributed by atoms with Crippen molar-refractivity contribution in [3.63, 3.8) is 0 Å². The Balaban J connectivity index is 1.99. The van der Waals surface area contributed by atoms with Crippen LogP contribution >= 0.6 is 0 Å². The van der Waals surface area contributed by atoms with Gasteiger partial charge in [0, 0.05) is 0 Å². The van der Waals surface area contributed by atoms with Gasteiger partial charge in [0.05, 0.1) is 5.56 Å². The van der Waals surface area contributed by atoms with Crippen molar-refractivity contribution in [3.05, 3.63) is 83.9 Å². The van der Waals surface area contributed by atoms with Gasteiger partial charge >= 0.3 is 11.9 Å². The number of ether oxygens (including phenoxy) is 2. The molecule has 3 rings (SSSR count). The maximum absolute atomic E-state index is 11.5. The molecule has 6 heteroatoms. The minimum absolute atomic E-state index is 0.0819. The van der Waals surface area contributed by atoms with E-state index in [1.54, 1.807) is 36.4 Å². The van der Waals surface area contributed by atoms with Crippen molar-refractivity contribution in [1.29, 1.82) is 0 Å². The first-order valence-corrected chi connectivity index (χ1v) is 7.65. The third-order valence-corrected chi connectivity index (χ3v) is 3.51. The molecule has 0 saturated carbocycles. The predicted octanol–water partition coefficient (Wildman–Crippen LogP) is 4.67. The second-order valence-corrected chi connectivity index (χ2v) is 5.25. The van der Waals surface area contributed by atoms with E-state index in [1.165, 1.54) is 18.2 Å². The fraction of sp³-hybridized carbons (Fsp3) is 0. The van der Waals surface area contributed by atoms with Crippen LogP contribution in [0.4, 0.5) is 0 Å². The molecule has 26 heavy (non-hydrogen) atoms. The average Bonchev–Trinajstić information content (AvgIpc) is 2.64. The number of benzene rings is 3. The van der Waals surface area contributed by atoms with Gasteiger partial charge in [-0.15, -0.1) is 0 Å². The van der Waals surface area contributed by atoms with Crippen LogP contribution in [-0.2, 0) is 0 Å². The van der Waals surface area contributed by atoms with Gasteiger partial charge in [-0.05, 0) is 36.4 Å². The molecule has 2 N–H and O–H groups in total. The normalized spacial score (nSPS) is 10.2. The van der Waals surface area contributed by atoms with Crippen molar-refractivity contribution in [1.82, 2.24) is 0 Å². The number of carbonyl (C=O) groups is 2. The smallest absolute Gasteiger partial charge is 0.340 e. The molecule has 3 aromatic carbocycles. The fourth-order valence-corrected chi connectivity index (χ4v) is 2.37. The van der Waals surface area contributed by atoms with Crippen LogP contribution in [-0.4, -0.2) is 22.2 Å². The second-order valence-electron chi connectivity index (χ2n) is 5.25. The summed E-state index contributed by atoms with van der Waals surface area (Å²) >= 11 is 0. The monoisotopic (exact) mass is 350 g/mol. The largest absolute Gasteiger partial charge is 0.478 e. The molecule has 0 fully saturated rings. The number of carboxylic acids is 2. The first-order valence-electron chi connectivity index (χ1n) is 7.65. The summed E-state index contributed by atoms with van der Waals surface area (Å²) in [5.41, 5.74) is -0.772. The lowest BCUT2D eigenvalue weighted by Gasteiger charge is -2.14. The summed E-state index contributed by atoms with van der Waals surface area (Å²) in [6, 6.07) is 19.8. The zero-order chi connectivity index (χ0) is 18.5. The number of rotatable bonds is 6. The quantitative estimate of drug-likeness (QED) is 0.671. The lowest BCUT2D eigenvalue weighted by Crippen LogP contribution is -2.09. The van der Waals surface area contributed by atoms with E-state index in [-0.39, 0.29) is 17.1 Å². The molecule has 6 nitrogen and oxygen atoms in total. The van der Waals surface area contributed by atoms with Gasteiger partial charge < -0.3 is 19.7 Å². The summed E-state index contributed by atoms with van der Waals surface area (Å²) in [4.78, 5) is 22.8. The minimum atomic E-state index is -1.39. The first-order chi connectivity index (χ1) is 12.6. The van der Waals surface area contributed by atoms with Crippen LogP contribution in [0.3, 0.4) is 0 Å². The molecule has 0 spiro atoms. The Labute approximate surface area is 148 Å². The topological polar surface area (TPSA) is 93.1 Å². The van der Waals surface area contributed by atoms with E-state index in [2.05, 4.69) is 0 Å². The third kappa shape index (κ3) is 3.64. The lowest BCUT2D eigenvalue weighted by atomic mass is 10.1. The molecule has 130 valence electrons. The predicted molar refractivity (Wildman–Crippen MR) is 93.4 cm³/mol. The van der Waals surface area contributed by atoms with Gasteiger partial charge in [0.25, 0.3) is 0 Å². The maximum atomic E-state index is 11.5. The molecule has 0 saturated heterocycles. The molecule has 0 aliphatic carbocycles. The molecule has 0 aliphatic heterocycles. The minimum Gasteiger partial charge on any atom is -0.478 e. The van der Waals surface area contributed by atoms with Gasteiger partial charge in [-0.3, -0.25) is 0 Å². The standard InChI is InChI=1S/C20H14O6/c21-19(22)14-9-6-12-17(18(14)20(23)24)26-16-11-5-4-10-15(16)25-13-7-2-1-3-8-13/h1-12H,(H,21,22)(H,23,24). The fourth-order valence-electron chi connectivity index (χ4n) is 2.37. The Bertz CT molecular complexity index is 950. The lowest BCUT2D eigenvalue weighted by molar-refractivity contribution is 0.0649. The average molecular weight is 350 g/mol. The molecule has 0 amide bonds. The van der Waals surface area contributed by atoms with E-state index in [0.717, 1.165) is 0 Å². The zero-order valence-electron chi connectivity index (χ0n) is 13.5. The van der Waals surface area contributed by atoms with Crippen LogP contribution in [0.1, 0.15) is 20.7 Å². The third-order valence-electron chi connectivity index (χ3n) is 3.51. The second kappa shape index (κ2) is 7.40. The maximum Gasteiger partial charge on any atom is 0.340 e. The van der Waals surface area contributed by atoms with Crippen LogP contribution < -0.4 is 9.47 Å².